The van der Waals surface area contributed by atoms with E-state index in [9.17, 15) is 4.79 Å². The van der Waals surface area contributed by atoms with Crippen LogP contribution < -0.4 is 5.73 Å². The number of carbonyl (C=O) groups excluding carboxylic acids is 1. The van der Waals surface area contributed by atoms with Gasteiger partial charge >= 0.3 is 0 Å². The predicted octanol–water partition coefficient (Wildman–Crippen LogP) is 4.43. The summed E-state index contributed by atoms with van der Waals surface area (Å²) in [5.74, 6) is 0.0259. The molecule has 2 atom stereocenters. The Morgan fingerprint density at radius 3 is 2.26 bits per heavy atom. The number of nitrogens with two attached hydrogens (primary N) is 1. The van der Waals surface area contributed by atoms with Crippen molar-refractivity contribution in [1.29, 1.82) is 0 Å². The van der Waals surface area contributed by atoms with E-state index in [1.165, 1.54) is 11.1 Å². The van der Waals surface area contributed by atoms with Crippen molar-refractivity contribution < 1.29 is 9.53 Å². The molecule has 31 heavy (non-hydrogen) atoms. The van der Waals surface area contributed by atoms with E-state index in [0.29, 0.717) is 19.6 Å². The van der Waals surface area contributed by atoms with Crippen LogP contribution >= 0.6 is 0 Å². The number of hydrogen-bond donors (Lipinski definition) is 1. The van der Waals surface area contributed by atoms with Gasteiger partial charge in [-0.25, -0.2) is 0 Å². The molecular weight excluding hydrogens is 384 g/mol. The summed E-state index contributed by atoms with van der Waals surface area (Å²) in [6.07, 6.45) is 2.52. The average Bonchev–Trinajstić information content (AvgIpc) is 3.29. The van der Waals surface area contributed by atoms with Crippen molar-refractivity contribution in [1.82, 2.24) is 4.90 Å². The van der Waals surface area contributed by atoms with Crippen molar-refractivity contribution >= 4 is 5.91 Å². The second kappa shape index (κ2) is 10.4. The molecule has 4 heteroatoms. The molecule has 1 fully saturated rings. The monoisotopic (exact) mass is 414 g/mol. The summed E-state index contributed by atoms with van der Waals surface area (Å²) in [4.78, 5) is 15.0. The SMILES string of the molecule is N[C@@H](Cc1ccc(-c2ccccc2)cc1)C(=O)N1CCC[C@H]1COCc1ccccc1. The maximum Gasteiger partial charge on any atom is 0.240 e. The molecule has 0 unspecified atom stereocenters. The highest BCUT2D eigenvalue weighted by Crippen LogP contribution is 2.22. The molecule has 1 aliphatic heterocycles. The van der Waals surface area contributed by atoms with Gasteiger partial charge in [-0.3, -0.25) is 4.79 Å². The highest BCUT2D eigenvalue weighted by atomic mass is 16.5. The topological polar surface area (TPSA) is 55.6 Å². The summed E-state index contributed by atoms with van der Waals surface area (Å²) in [5, 5.41) is 0. The number of benzene rings is 3. The summed E-state index contributed by atoms with van der Waals surface area (Å²) in [7, 11) is 0. The molecule has 1 amide bonds. The lowest BCUT2D eigenvalue weighted by Gasteiger charge is -2.27. The van der Waals surface area contributed by atoms with Gasteiger partial charge < -0.3 is 15.4 Å². The number of nitrogens with zero attached hydrogens (tertiary/aromatic N) is 1. The average molecular weight is 415 g/mol. The number of rotatable bonds is 8. The minimum atomic E-state index is -0.530. The zero-order chi connectivity index (χ0) is 21.5. The van der Waals surface area contributed by atoms with Crippen molar-refractivity contribution in [2.24, 2.45) is 5.73 Å². The molecule has 0 radical (unpaired) electrons. The lowest BCUT2D eigenvalue weighted by molar-refractivity contribution is -0.134. The van der Waals surface area contributed by atoms with Crippen molar-refractivity contribution in [2.75, 3.05) is 13.2 Å². The Hall–Kier alpha value is -2.95. The lowest BCUT2D eigenvalue weighted by Crippen LogP contribution is -2.48. The minimum absolute atomic E-state index is 0.0259. The van der Waals surface area contributed by atoms with Crippen LogP contribution in [0.2, 0.25) is 0 Å². The molecule has 0 aliphatic carbocycles. The van der Waals surface area contributed by atoms with Crippen molar-refractivity contribution in [3.05, 3.63) is 96.1 Å². The van der Waals surface area contributed by atoms with E-state index in [1.807, 2.05) is 41.3 Å². The van der Waals surface area contributed by atoms with Gasteiger partial charge in [-0.1, -0.05) is 84.9 Å². The molecule has 4 nitrogen and oxygen atoms in total. The molecule has 160 valence electrons. The number of ether oxygens (including phenoxy) is 1. The van der Waals surface area contributed by atoms with E-state index in [2.05, 4.69) is 48.5 Å². The zero-order valence-electron chi connectivity index (χ0n) is 17.8. The van der Waals surface area contributed by atoms with Crippen LogP contribution in [0.15, 0.2) is 84.9 Å². The van der Waals surface area contributed by atoms with E-state index < -0.39 is 6.04 Å². The second-order valence-corrected chi connectivity index (χ2v) is 8.20. The summed E-state index contributed by atoms with van der Waals surface area (Å²) in [6, 6.07) is 28.3. The van der Waals surface area contributed by atoms with Crippen LogP contribution in [0.5, 0.6) is 0 Å². The number of likely N-dealkylation sites (tertiary alicyclic amines) is 1. The van der Waals surface area contributed by atoms with Crippen LogP contribution in [-0.2, 0) is 22.6 Å². The summed E-state index contributed by atoms with van der Waals surface area (Å²) >= 11 is 0. The summed E-state index contributed by atoms with van der Waals surface area (Å²) in [5.41, 5.74) is 10.9. The fourth-order valence-corrected chi connectivity index (χ4v) is 4.20. The summed E-state index contributed by atoms with van der Waals surface area (Å²) < 4.78 is 5.90. The molecule has 1 saturated heterocycles. The highest BCUT2D eigenvalue weighted by molar-refractivity contribution is 5.82. The highest BCUT2D eigenvalue weighted by Gasteiger charge is 2.31. The third kappa shape index (κ3) is 5.60. The third-order valence-corrected chi connectivity index (χ3v) is 5.92. The van der Waals surface area contributed by atoms with Crippen LogP contribution in [0.25, 0.3) is 11.1 Å². The van der Waals surface area contributed by atoms with Gasteiger partial charge in [0.05, 0.1) is 25.3 Å². The standard InChI is InChI=1S/C27H30N2O2/c28-26(18-21-13-15-24(16-14-21)23-10-5-2-6-11-23)27(30)29-17-7-12-25(29)20-31-19-22-8-3-1-4-9-22/h1-6,8-11,13-16,25-26H,7,12,17-20,28H2/t25-,26-/m0/s1. The fourth-order valence-electron chi connectivity index (χ4n) is 4.20. The second-order valence-electron chi connectivity index (χ2n) is 8.20. The van der Waals surface area contributed by atoms with E-state index in [1.54, 1.807) is 0 Å². The van der Waals surface area contributed by atoms with Gasteiger partial charge in [0.25, 0.3) is 0 Å². The molecule has 0 saturated carbocycles. The van der Waals surface area contributed by atoms with Gasteiger partial charge in [0.1, 0.15) is 0 Å². The first-order valence-electron chi connectivity index (χ1n) is 11.0. The van der Waals surface area contributed by atoms with Crippen LogP contribution in [-0.4, -0.2) is 36.0 Å². The van der Waals surface area contributed by atoms with Gasteiger partial charge in [0.15, 0.2) is 0 Å². The molecule has 2 N–H and O–H groups in total. The molecule has 0 bridgehead atoms. The normalized spacial score (nSPS) is 16.9. The first-order valence-corrected chi connectivity index (χ1v) is 11.0. The molecule has 1 heterocycles. The first-order chi connectivity index (χ1) is 15.2. The third-order valence-electron chi connectivity index (χ3n) is 5.92. The molecule has 0 spiro atoms. The Bertz CT molecular complexity index is 958. The quantitative estimate of drug-likeness (QED) is 0.593. The molecular formula is C27H30N2O2. The Balaban J connectivity index is 1.30. The molecule has 3 aromatic rings. The van der Waals surface area contributed by atoms with E-state index in [4.69, 9.17) is 10.5 Å². The summed E-state index contributed by atoms with van der Waals surface area (Å²) in [6.45, 7) is 1.89. The fraction of sp³-hybridized carbons (Fsp3) is 0.296. The van der Waals surface area contributed by atoms with Crippen molar-refractivity contribution in [2.45, 2.75) is 38.0 Å². The largest absolute Gasteiger partial charge is 0.375 e. The number of amides is 1. The van der Waals surface area contributed by atoms with Crippen LogP contribution in [0.3, 0.4) is 0 Å². The Labute approximate surface area is 184 Å². The Kier molecular flexibility index (Phi) is 7.13. The number of carbonyl (C=O) groups is 1. The number of hydrogen-bond acceptors (Lipinski definition) is 3. The van der Waals surface area contributed by atoms with Crippen molar-refractivity contribution in [3.8, 4) is 11.1 Å². The van der Waals surface area contributed by atoms with Crippen molar-refractivity contribution in [3.63, 3.8) is 0 Å². The van der Waals surface area contributed by atoms with Gasteiger partial charge in [0, 0.05) is 6.54 Å². The first kappa shape index (κ1) is 21.3. The Morgan fingerprint density at radius 2 is 1.55 bits per heavy atom. The van der Waals surface area contributed by atoms with E-state index in [0.717, 1.165) is 30.5 Å². The van der Waals surface area contributed by atoms with E-state index in [-0.39, 0.29) is 11.9 Å². The smallest absolute Gasteiger partial charge is 0.240 e. The van der Waals surface area contributed by atoms with E-state index >= 15 is 0 Å². The molecule has 4 rings (SSSR count). The van der Waals surface area contributed by atoms with Gasteiger partial charge in [-0.05, 0) is 41.5 Å². The molecule has 3 aromatic carbocycles. The van der Waals surface area contributed by atoms with Crippen LogP contribution in [0.1, 0.15) is 24.0 Å². The van der Waals surface area contributed by atoms with Crippen LogP contribution in [0, 0.1) is 0 Å². The maximum atomic E-state index is 13.0. The maximum absolute atomic E-state index is 13.0. The van der Waals surface area contributed by atoms with Crippen LogP contribution in [0.4, 0.5) is 0 Å². The predicted molar refractivity (Wildman–Crippen MR) is 124 cm³/mol. The lowest BCUT2D eigenvalue weighted by atomic mass is 10.0. The Morgan fingerprint density at radius 1 is 0.903 bits per heavy atom. The van der Waals surface area contributed by atoms with Gasteiger partial charge in [-0.15, -0.1) is 0 Å². The minimum Gasteiger partial charge on any atom is -0.375 e. The van der Waals surface area contributed by atoms with Gasteiger partial charge in [0.2, 0.25) is 5.91 Å². The molecule has 1 aliphatic rings. The van der Waals surface area contributed by atoms with Gasteiger partial charge in [-0.2, -0.15) is 0 Å². The molecule has 0 aromatic heterocycles. The zero-order valence-corrected chi connectivity index (χ0v) is 17.8.